The third kappa shape index (κ3) is 8.77. The number of carbonyl (C=O) groups is 2. The fourth-order valence-electron chi connectivity index (χ4n) is 3.42. The average Bonchev–Trinajstić information content (AvgIpc) is 2.89. The molecule has 0 aliphatic carbocycles. The van der Waals surface area contributed by atoms with E-state index in [0.717, 1.165) is 5.56 Å². The molecule has 1 unspecified atom stereocenters. The topological polar surface area (TPSA) is 89.0 Å². The van der Waals surface area contributed by atoms with E-state index in [1.54, 1.807) is 36.4 Å². The van der Waals surface area contributed by atoms with E-state index in [1.165, 1.54) is 24.4 Å². The SMILES string of the molecule is CCOc1cc(C=NNC(=O)C(NC(=O)c2ccc(Cl)c(Cl)c2)C(C)C)ccc1OCc1ccc(Cl)cc1Cl. The van der Waals surface area contributed by atoms with E-state index in [4.69, 9.17) is 55.9 Å². The number of hydrazone groups is 1. The molecule has 0 saturated heterocycles. The van der Waals surface area contributed by atoms with Crippen LogP contribution in [0.3, 0.4) is 0 Å². The van der Waals surface area contributed by atoms with Crippen molar-refractivity contribution in [3.05, 3.63) is 91.4 Å². The molecule has 0 spiro atoms. The molecule has 3 rings (SSSR count). The van der Waals surface area contributed by atoms with Crippen molar-refractivity contribution in [3.8, 4) is 11.5 Å². The lowest BCUT2D eigenvalue weighted by Gasteiger charge is -2.20. The van der Waals surface area contributed by atoms with Crippen LogP contribution in [0.2, 0.25) is 20.1 Å². The zero-order valence-electron chi connectivity index (χ0n) is 21.4. The van der Waals surface area contributed by atoms with Gasteiger partial charge in [-0.25, -0.2) is 5.43 Å². The second-order valence-electron chi connectivity index (χ2n) is 8.72. The molecular formula is C28H27Cl4N3O4. The van der Waals surface area contributed by atoms with Crippen molar-refractivity contribution < 1.29 is 19.1 Å². The Morgan fingerprint density at radius 2 is 1.67 bits per heavy atom. The fourth-order valence-corrected chi connectivity index (χ4v) is 4.18. The zero-order valence-corrected chi connectivity index (χ0v) is 24.5. The molecule has 39 heavy (non-hydrogen) atoms. The molecular weight excluding hydrogens is 584 g/mol. The van der Waals surface area contributed by atoms with E-state index in [9.17, 15) is 9.59 Å². The Bertz CT molecular complexity index is 1360. The van der Waals surface area contributed by atoms with Crippen molar-refractivity contribution in [3.63, 3.8) is 0 Å². The van der Waals surface area contributed by atoms with Gasteiger partial charge in [-0.05, 0) is 66.9 Å². The number of nitrogens with zero attached hydrogens (tertiary/aromatic N) is 1. The van der Waals surface area contributed by atoms with Gasteiger partial charge < -0.3 is 14.8 Å². The maximum Gasteiger partial charge on any atom is 0.262 e. The van der Waals surface area contributed by atoms with E-state index in [0.29, 0.717) is 38.7 Å². The Balaban J connectivity index is 1.65. The van der Waals surface area contributed by atoms with Crippen LogP contribution in [0, 0.1) is 5.92 Å². The number of rotatable bonds is 11. The number of hydrogen-bond acceptors (Lipinski definition) is 5. The molecule has 3 aromatic rings. The highest BCUT2D eigenvalue weighted by Crippen LogP contribution is 2.30. The van der Waals surface area contributed by atoms with Crippen molar-refractivity contribution in [2.75, 3.05) is 6.61 Å². The molecule has 0 fully saturated rings. The molecule has 0 saturated carbocycles. The third-order valence-electron chi connectivity index (χ3n) is 5.47. The van der Waals surface area contributed by atoms with Crippen molar-refractivity contribution in [1.82, 2.24) is 10.7 Å². The first-order valence-electron chi connectivity index (χ1n) is 12.0. The molecule has 1 atom stereocenters. The lowest BCUT2D eigenvalue weighted by Crippen LogP contribution is -2.48. The molecule has 0 radical (unpaired) electrons. The molecule has 3 aromatic carbocycles. The van der Waals surface area contributed by atoms with Crippen molar-refractivity contribution in [1.29, 1.82) is 0 Å². The third-order valence-corrected chi connectivity index (χ3v) is 6.80. The van der Waals surface area contributed by atoms with Crippen LogP contribution < -0.4 is 20.2 Å². The number of carbonyl (C=O) groups excluding carboxylic acids is 2. The van der Waals surface area contributed by atoms with Crippen molar-refractivity contribution in [2.45, 2.75) is 33.4 Å². The van der Waals surface area contributed by atoms with E-state index >= 15 is 0 Å². The fraction of sp³-hybridized carbons (Fsp3) is 0.250. The molecule has 7 nitrogen and oxygen atoms in total. The summed E-state index contributed by atoms with van der Waals surface area (Å²) in [6, 6.07) is 14.1. The minimum Gasteiger partial charge on any atom is -0.490 e. The predicted octanol–water partition coefficient (Wildman–Crippen LogP) is 7.18. The monoisotopic (exact) mass is 609 g/mol. The second-order valence-corrected chi connectivity index (χ2v) is 10.4. The van der Waals surface area contributed by atoms with Gasteiger partial charge in [-0.2, -0.15) is 5.10 Å². The Morgan fingerprint density at radius 3 is 2.33 bits per heavy atom. The molecule has 0 aliphatic heterocycles. The summed E-state index contributed by atoms with van der Waals surface area (Å²) in [5.41, 5.74) is 4.22. The first-order valence-corrected chi connectivity index (χ1v) is 13.5. The summed E-state index contributed by atoms with van der Waals surface area (Å²) < 4.78 is 11.6. The number of ether oxygens (including phenoxy) is 2. The first kappa shape index (κ1) is 30.6. The number of nitrogens with one attached hydrogen (secondary N) is 2. The summed E-state index contributed by atoms with van der Waals surface area (Å²) >= 11 is 24.1. The van der Waals surface area contributed by atoms with Gasteiger partial charge in [0.2, 0.25) is 0 Å². The minimum absolute atomic E-state index is 0.206. The van der Waals surface area contributed by atoms with Gasteiger partial charge in [-0.1, -0.05) is 66.3 Å². The van der Waals surface area contributed by atoms with Crippen molar-refractivity contribution in [2.24, 2.45) is 11.0 Å². The Labute approximate surface area is 247 Å². The average molecular weight is 611 g/mol. The van der Waals surface area contributed by atoms with Gasteiger partial charge in [0.05, 0.1) is 22.9 Å². The van der Waals surface area contributed by atoms with E-state index in [-0.39, 0.29) is 23.1 Å². The number of hydrogen-bond donors (Lipinski definition) is 2. The van der Waals surface area contributed by atoms with E-state index in [2.05, 4.69) is 15.8 Å². The van der Waals surface area contributed by atoms with Gasteiger partial charge in [0.15, 0.2) is 11.5 Å². The Kier molecular flexibility index (Phi) is 11.3. The van der Waals surface area contributed by atoms with Crippen LogP contribution in [-0.4, -0.2) is 30.7 Å². The van der Waals surface area contributed by atoms with Gasteiger partial charge in [0.1, 0.15) is 12.6 Å². The van der Waals surface area contributed by atoms with Crippen LogP contribution in [0.4, 0.5) is 0 Å². The smallest absolute Gasteiger partial charge is 0.262 e. The normalized spacial score (nSPS) is 11.9. The highest BCUT2D eigenvalue weighted by molar-refractivity contribution is 6.42. The maximum atomic E-state index is 12.8. The lowest BCUT2D eigenvalue weighted by molar-refractivity contribution is -0.123. The van der Waals surface area contributed by atoms with Gasteiger partial charge in [-0.15, -0.1) is 0 Å². The van der Waals surface area contributed by atoms with Crippen LogP contribution in [-0.2, 0) is 11.4 Å². The summed E-state index contributed by atoms with van der Waals surface area (Å²) in [5, 5.41) is 8.40. The summed E-state index contributed by atoms with van der Waals surface area (Å²) in [7, 11) is 0. The Hall–Kier alpha value is -2.97. The van der Waals surface area contributed by atoms with E-state index in [1.807, 2.05) is 20.8 Å². The Morgan fingerprint density at radius 1 is 0.897 bits per heavy atom. The number of amides is 2. The highest BCUT2D eigenvalue weighted by Gasteiger charge is 2.24. The summed E-state index contributed by atoms with van der Waals surface area (Å²) in [6.45, 7) is 6.13. The molecule has 11 heteroatoms. The highest BCUT2D eigenvalue weighted by atomic mass is 35.5. The summed E-state index contributed by atoms with van der Waals surface area (Å²) in [4.78, 5) is 25.5. The zero-order chi connectivity index (χ0) is 28.5. The predicted molar refractivity (Wildman–Crippen MR) is 157 cm³/mol. The molecule has 2 N–H and O–H groups in total. The lowest BCUT2D eigenvalue weighted by atomic mass is 10.0. The summed E-state index contributed by atoms with van der Waals surface area (Å²) in [5.74, 6) is -0.106. The quantitative estimate of drug-likeness (QED) is 0.178. The molecule has 2 amide bonds. The standard InChI is InChI=1S/C28H27Cl4N3O4/c1-4-38-25-11-17(5-10-24(25)39-15-19-6-8-20(29)13-22(19)31)14-33-35-28(37)26(16(2)3)34-27(36)18-7-9-21(30)23(32)12-18/h5-14,16,26H,4,15H2,1-3H3,(H,34,36)(H,35,37). The second kappa shape index (κ2) is 14.4. The summed E-state index contributed by atoms with van der Waals surface area (Å²) in [6.07, 6.45) is 1.47. The van der Waals surface area contributed by atoms with Gasteiger partial charge in [-0.3, -0.25) is 9.59 Å². The van der Waals surface area contributed by atoms with Crippen LogP contribution >= 0.6 is 46.4 Å². The van der Waals surface area contributed by atoms with E-state index < -0.39 is 17.9 Å². The van der Waals surface area contributed by atoms with Crippen LogP contribution in [0.15, 0.2) is 59.7 Å². The first-order chi connectivity index (χ1) is 18.6. The number of benzene rings is 3. The molecule has 206 valence electrons. The number of halogens is 4. The van der Waals surface area contributed by atoms with Crippen LogP contribution in [0.5, 0.6) is 11.5 Å². The molecule has 0 bridgehead atoms. The van der Waals surface area contributed by atoms with Crippen LogP contribution in [0.25, 0.3) is 0 Å². The molecule has 0 aromatic heterocycles. The largest absolute Gasteiger partial charge is 0.490 e. The van der Waals surface area contributed by atoms with Gasteiger partial charge in [0, 0.05) is 21.2 Å². The van der Waals surface area contributed by atoms with Gasteiger partial charge in [0.25, 0.3) is 11.8 Å². The molecule has 0 aliphatic rings. The van der Waals surface area contributed by atoms with Gasteiger partial charge >= 0.3 is 0 Å². The van der Waals surface area contributed by atoms with Crippen molar-refractivity contribution >= 4 is 64.4 Å². The minimum atomic E-state index is -0.835. The van der Waals surface area contributed by atoms with Crippen LogP contribution in [0.1, 0.15) is 42.3 Å². The molecule has 0 heterocycles. The maximum absolute atomic E-state index is 12.8.